The zero-order chi connectivity index (χ0) is 25.3. The number of carboxylic acids is 1. The molecule has 2 fully saturated rings. The van der Waals surface area contributed by atoms with Crippen LogP contribution >= 0.6 is 23.5 Å². The van der Waals surface area contributed by atoms with Gasteiger partial charge in [-0.25, -0.2) is 4.68 Å². The van der Waals surface area contributed by atoms with Gasteiger partial charge in [0.1, 0.15) is 11.4 Å². The number of rotatable bonds is 8. The third kappa shape index (κ3) is 5.13. The Kier molecular flexibility index (Phi) is 8.76. The number of ether oxygens (including phenoxy) is 1. The molecule has 2 aliphatic heterocycles. The van der Waals surface area contributed by atoms with E-state index in [1.54, 1.807) is 7.05 Å². The van der Waals surface area contributed by atoms with Crippen LogP contribution in [0.15, 0.2) is 28.5 Å². The number of aromatic hydroxyl groups is 1. The number of aromatic nitrogens is 4. The average Bonchev–Trinajstić information content (AvgIpc) is 3.26. The van der Waals surface area contributed by atoms with Gasteiger partial charge in [0.25, 0.3) is 5.91 Å². The first-order valence-electron chi connectivity index (χ1n) is 10.1. The number of nitrogens with zero attached hydrogens (tertiary/aromatic N) is 6. The molecule has 3 N–H and O–H groups in total. The number of nitrogens with one attached hydrogen (secondary N) is 1. The number of carboxylic acid groups (broad SMARTS) is 1. The summed E-state index contributed by atoms with van der Waals surface area (Å²) < 4.78 is 6.41. The van der Waals surface area contributed by atoms with Crippen molar-refractivity contribution in [3.63, 3.8) is 0 Å². The number of phenolic OH excluding ortho intramolecular Hbond substituents is 1. The van der Waals surface area contributed by atoms with Gasteiger partial charge in [0, 0.05) is 36.1 Å². The molecule has 2 unspecified atom stereocenters. The standard InChI is InChI=1S/C19H21N7O7S2.Na/c1-25-18(21-23-24-25)35-8-19(17(30)31)6-26-15(29)13(16(26)34-7-19)20-14(28)12(22-32)9-3-4-10(27)11(5-9)33-2;/h3-5,13,16,27,32H,6-8H2,1-2H3,(H,20,28)(H,30,31);/q;+1/p-1/t13?,16-,19?;/m1./s1. The van der Waals surface area contributed by atoms with Crippen LogP contribution in [0.4, 0.5) is 0 Å². The molecule has 3 heterocycles. The Bertz CT molecular complexity index is 1210. The van der Waals surface area contributed by atoms with Crippen molar-refractivity contribution in [2.24, 2.45) is 17.6 Å². The maximum absolute atomic E-state index is 12.8. The van der Waals surface area contributed by atoms with Crippen molar-refractivity contribution in [3.05, 3.63) is 23.8 Å². The molecular formula is C19H20N7NaO7S2. The smallest absolute Gasteiger partial charge is 0.549 e. The number of aryl methyl sites for hydroxylation is 1. The van der Waals surface area contributed by atoms with Gasteiger partial charge in [-0.15, -0.1) is 16.9 Å². The molecule has 36 heavy (non-hydrogen) atoms. The molecule has 0 spiro atoms. The second-order valence-electron chi connectivity index (χ2n) is 7.90. The van der Waals surface area contributed by atoms with E-state index in [2.05, 4.69) is 26.0 Å². The summed E-state index contributed by atoms with van der Waals surface area (Å²) in [7, 11) is 2.95. The van der Waals surface area contributed by atoms with Crippen LogP contribution in [0, 0.1) is 5.41 Å². The fourth-order valence-corrected chi connectivity index (χ4v) is 6.41. The van der Waals surface area contributed by atoms with E-state index in [4.69, 9.17) is 4.74 Å². The average molecular weight is 546 g/mol. The minimum atomic E-state index is -1.33. The predicted octanol–water partition coefficient (Wildman–Crippen LogP) is -4.96. The maximum Gasteiger partial charge on any atom is 1.00 e. The summed E-state index contributed by atoms with van der Waals surface area (Å²) in [6, 6.07) is 3.01. The van der Waals surface area contributed by atoms with Gasteiger partial charge in [0.15, 0.2) is 17.2 Å². The number of hydrogen-bond acceptors (Lipinski definition) is 13. The van der Waals surface area contributed by atoms with E-state index in [-0.39, 0.29) is 70.4 Å². The largest absolute Gasteiger partial charge is 1.00 e. The number of hydrogen-bond donors (Lipinski definition) is 3. The van der Waals surface area contributed by atoms with E-state index in [1.807, 2.05) is 0 Å². The first kappa shape index (κ1) is 28.0. The minimum absolute atomic E-state index is 0. The molecule has 2 aliphatic rings. The minimum Gasteiger partial charge on any atom is -0.549 e. The van der Waals surface area contributed by atoms with Gasteiger partial charge in [0.2, 0.25) is 11.1 Å². The van der Waals surface area contributed by atoms with E-state index in [0.29, 0.717) is 5.16 Å². The van der Waals surface area contributed by atoms with Gasteiger partial charge in [-0.3, -0.25) is 9.59 Å². The van der Waals surface area contributed by atoms with Crippen molar-refractivity contribution in [1.29, 1.82) is 0 Å². The molecule has 3 atom stereocenters. The molecule has 1 aromatic carbocycles. The quantitative estimate of drug-likeness (QED) is 0.0715. The summed E-state index contributed by atoms with van der Waals surface area (Å²) in [4.78, 5) is 39.0. The SMILES string of the molecule is COc1cc(C(=NO)C(=O)NC2C(=O)N3CC(CSc4nnnn4C)(C(=O)[O-])CS[C@H]23)ccc1O.[Na+]. The third-order valence-electron chi connectivity index (χ3n) is 5.69. The molecule has 2 amide bonds. The van der Waals surface area contributed by atoms with Gasteiger partial charge in [0.05, 0.1) is 13.1 Å². The number of phenols is 1. The van der Waals surface area contributed by atoms with Crippen molar-refractivity contribution in [1.82, 2.24) is 30.4 Å². The van der Waals surface area contributed by atoms with Gasteiger partial charge in [-0.1, -0.05) is 16.9 Å². The molecule has 14 nitrogen and oxygen atoms in total. The number of oxime groups is 1. The van der Waals surface area contributed by atoms with Gasteiger partial charge in [-0.05, 0) is 28.6 Å². The summed E-state index contributed by atoms with van der Waals surface area (Å²) in [5.41, 5.74) is -1.55. The fraction of sp³-hybridized carbons (Fsp3) is 0.421. The van der Waals surface area contributed by atoms with E-state index >= 15 is 0 Å². The van der Waals surface area contributed by atoms with Crippen molar-refractivity contribution < 1.29 is 64.1 Å². The second-order valence-corrected chi connectivity index (χ2v) is 9.94. The normalized spacial score (nSPS) is 23.2. The van der Waals surface area contributed by atoms with E-state index in [9.17, 15) is 29.8 Å². The molecule has 17 heteroatoms. The summed E-state index contributed by atoms with van der Waals surface area (Å²) in [6.07, 6.45) is 0. The summed E-state index contributed by atoms with van der Waals surface area (Å²) in [5, 5.41) is 47.8. The van der Waals surface area contributed by atoms with Gasteiger partial charge >= 0.3 is 29.6 Å². The van der Waals surface area contributed by atoms with Crippen molar-refractivity contribution in [2.75, 3.05) is 25.2 Å². The number of fused-ring (bicyclic) bond motifs is 1. The van der Waals surface area contributed by atoms with Crippen molar-refractivity contribution >= 4 is 47.0 Å². The molecular weight excluding hydrogens is 525 g/mol. The summed E-state index contributed by atoms with van der Waals surface area (Å²) in [6.45, 7) is -0.0907. The summed E-state index contributed by atoms with van der Waals surface area (Å²) in [5.74, 6) is -2.44. The van der Waals surface area contributed by atoms with Crippen LogP contribution in [0.5, 0.6) is 11.5 Å². The maximum atomic E-state index is 12.8. The number of carbonyl (C=O) groups excluding carboxylic acids is 3. The Hall–Kier alpha value is -2.53. The van der Waals surface area contributed by atoms with Gasteiger partial charge in [-0.2, -0.15) is 0 Å². The summed E-state index contributed by atoms with van der Waals surface area (Å²) >= 11 is 2.36. The van der Waals surface area contributed by atoms with Gasteiger partial charge < -0.3 is 35.2 Å². The molecule has 2 aromatic rings. The molecule has 186 valence electrons. The van der Waals surface area contributed by atoms with Crippen molar-refractivity contribution in [2.45, 2.75) is 16.6 Å². The van der Waals surface area contributed by atoms with Crippen LogP contribution in [-0.2, 0) is 21.4 Å². The zero-order valence-electron chi connectivity index (χ0n) is 19.4. The molecule has 0 radical (unpaired) electrons. The van der Waals surface area contributed by atoms with Crippen LogP contribution in [0.2, 0.25) is 0 Å². The number of tetrazole rings is 1. The Morgan fingerprint density at radius 2 is 2.19 bits per heavy atom. The van der Waals surface area contributed by atoms with E-state index in [1.165, 1.54) is 46.7 Å². The topological polar surface area (TPSA) is 195 Å². The zero-order valence-corrected chi connectivity index (χ0v) is 23.1. The third-order valence-corrected chi connectivity index (χ3v) is 8.58. The Labute approximate surface area is 235 Å². The van der Waals surface area contributed by atoms with Crippen LogP contribution in [-0.4, -0.2) is 95.5 Å². The molecule has 0 bridgehead atoms. The molecule has 0 aliphatic carbocycles. The van der Waals surface area contributed by atoms with Crippen LogP contribution in [0.3, 0.4) is 0 Å². The van der Waals surface area contributed by atoms with E-state index < -0.39 is 34.6 Å². The number of methoxy groups -OCH3 is 1. The first-order valence-corrected chi connectivity index (χ1v) is 12.1. The molecule has 0 saturated carbocycles. The number of benzene rings is 1. The first-order chi connectivity index (χ1) is 16.7. The molecule has 2 saturated heterocycles. The van der Waals surface area contributed by atoms with Crippen LogP contribution in [0.25, 0.3) is 0 Å². The molecule has 1 aromatic heterocycles. The van der Waals surface area contributed by atoms with Crippen LogP contribution < -0.4 is 44.7 Å². The number of aliphatic carboxylic acids is 1. The Balaban J connectivity index is 0.00000361. The number of carbonyl (C=O) groups is 3. The Morgan fingerprint density at radius 1 is 1.44 bits per heavy atom. The monoisotopic (exact) mass is 545 g/mol. The Morgan fingerprint density at radius 3 is 2.81 bits per heavy atom. The number of amides is 2. The number of β-lactam (4-membered cyclic amide) rings is 1. The van der Waals surface area contributed by atoms with Crippen molar-refractivity contribution in [3.8, 4) is 11.5 Å². The fourth-order valence-electron chi connectivity index (χ4n) is 3.71. The van der Waals surface area contributed by atoms with Crippen LogP contribution in [0.1, 0.15) is 5.56 Å². The second kappa shape index (κ2) is 11.2. The predicted molar refractivity (Wildman–Crippen MR) is 120 cm³/mol. The molecule has 4 rings (SSSR count). The number of thioether (sulfide) groups is 2. The van der Waals surface area contributed by atoms with E-state index in [0.717, 1.165) is 11.8 Å².